The summed E-state index contributed by atoms with van der Waals surface area (Å²) >= 11 is 0. The Hall–Kier alpha value is -2.97. The molecule has 0 radical (unpaired) electrons. The summed E-state index contributed by atoms with van der Waals surface area (Å²) in [7, 11) is 0. The van der Waals surface area contributed by atoms with Crippen LogP contribution >= 0.6 is 0 Å². The van der Waals surface area contributed by atoms with Gasteiger partial charge in [-0.3, -0.25) is 14.5 Å². The minimum absolute atomic E-state index is 0.0879. The number of fused-ring (bicyclic) bond motifs is 3. The van der Waals surface area contributed by atoms with Crippen LogP contribution in [-0.2, 0) is 4.79 Å². The number of pyridine rings is 2. The van der Waals surface area contributed by atoms with Gasteiger partial charge in [-0.05, 0) is 57.0 Å². The van der Waals surface area contributed by atoms with Crippen molar-refractivity contribution in [1.82, 2.24) is 24.7 Å². The zero-order chi connectivity index (χ0) is 23.8. The number of anilines is 1. The number of hydrogen-bond donors (Lipinski definition) is 1. The van der Waals surface area contributed by atoms with Crippen LogP contribution in [0.5, 0.6) is 0 Å². The van der Waals surface area contributed by atoms with E-state index < -0.39 is 0 Å². The number of likely N-dealkylation sites (tertiary alicyclic amines) is 2. The zero-order valence-corrected chi connectivity index (χ0v) is 20.3. The van der Waals surface area contributed by atoms with Crippen LogP contribution in [0, 0.1) is 0 Å². The van der Waals surface area contributed by atoms with Crippen LogP contribution in [0.4, 0.5) is 5.82 Å². The van der Waals surface area contributed by atoms with Crippen LogP contribution in [0.15, 0.2) is 41.2 Å². The molecule has 3 aliphatic heterocycles. The molecule has 0 saturated carbocycles. The average Bonchev–Trinajstić information content (AvgIpc) is 3.44. The maximum absolute atomic E-state index is 13.0. The number of amides is 1. The van der Waals surface area contributed by atoms with Crippen LogP contribution < -0.4 is 10.5 Å². The molecular weight excluding hydrogens is 440 g/mol. The van der Waals surface area contributed by atoms with Crippen molar-refractivity contribution in [3.63, 3.8) is 0 Å². The molecule has 0 atom stereocenters. The molecule has 0 bridgehead atoms. The molecule has 5 heterocycles. The minimum atomic E-state index is -0.0879. The Morgan fingerprint density at radius 1 is 0.886 bits per heavy atom. The van der Waals surface area contributed by atoms with Gasteiger partial charge >= 0.3 is 0 Å². The third kappa shape index (κ3) is 4.52. The molecule has 3 aliphatic rings. The number of H-pyrrole nitrogens is 1. The largest absolute Gasteiger partial charge is 0.353 e. The monoisotopic (exact) mass is 474 g/mol. The Bertz CT molecular complexity index is 1270. The van der Waals surface area contributed by atoms with Crippen LogP contribution in [0.3, 0.4) is 0 Å². The molecule has 1 aromatic carbocycles. The van der Waals surface area contributed by atoms with E-state index in [4.69, 9.17) is 4.98 Å². The Kier molecular flexibility index (Phi) is 6.16. The highest BCUT2D eigenvalue weighted by Gasteiger charge is 2.29. The summed E-state index contributed by atoms with van der Waals surface area (Å²) in [5.74, 6) is 1.14. The van der Waals surface area contributed by atoms with Crippen molar-refractivity contribution in [2.45, 2.75) is 31.7 Å². The lowest BCUT2D eigenvalue weighted by Gasteiger charge is -2.39. The summed E-state index contributed by atoms with van der Waals surface area (Å²) < 4.78 is 0. The Labute approximate surface area is 205 Å². The van der Waals surface area contributed by atoms with Gasteiger partial charge in [0.05, 0.1) is 17.6 Å². The van der Waals surface area contributed by atoms with Crippen molar-refractivity contribution >= 4 is 33.5 Å². The molecule has 0 aliphatic carbocycles. The maximum atomic E-state index is 13.0. The van der Waals surface area contributed by atoms with E-state index in [1.165, 1.54) is 38.8 Å². The Morgan fingerprint density at radius 2 is 1.60 bits per heavy atom. The molecule has 35 heavy (non-hydrogen) atoms. The molecule has 1 amide bonds. The minimum Gasteiger partial charge on any atom is -0.353 e. The van der Waals surface area contributed by atoms with E-state index in [0.717, 1.165) is 67.5 Å². The number of carbonyl (C=O) groups is 1. The normalized spacial score (nSPS) is 20.8. The molecule has 0 unspecified atom stereocenters. The highest BCUT2D eigenvalue weighted by atomic mass is 16.2. The number of hydrogen-bond acceptors (Lipinski definition) is 6. The summed E-state index contributed by atoms with van der Waals surface area (Å²) in [6.45, 7) is 8.09. The number of benzene rings is 1. The topological polar surface area (TPSA) is 75.8 Å². The second kappa shape index (κ2) is 9.59. The molecule has 1 N–H and O–H groups in total. The van der Waals surface area contributed by atoms with Gasteiger partial charge in [0.15, 0.2) is 0 Å². The number of rotatable bonds is 4. The number of nitrogens with one attached hydrogen (secondary N) is 1. The summed E-state index contributed by atoms with van der Waals surface area (Å²) in [5, 5.41) is 1.53. The van der Waals surface area contributed by atoms with Crippen LogP contribution in [0.25, 0.3) is 21.8 Å². The van der Waals surface area contributed by atoms with E-state index in [9.17, 15) is 9.59 Å². The maximum Gasteiger partial charge on any atom is 0.256 e. The van der Waals surface area contributed by atoms with E-state index >= 15 is 0 Å². The van der Waals surface area contributed by atoms with E-state index in [2.05, 4.69) is 19.7 Å². The third-order valence-electron chi connectivity index (χ3n) is 8.08. The first-order valence-corrected chi connectivity index (χ1v) is 13.1. The van der Waals surface area contributed by atoms with Gasteiger partial charge in [0.1, 0.15) is 5.82 Å². The molecule has 8 heteroatoms. The molecule has 0 spiro atoms. The predicted molar refractivity (Wildman–Crippen MR) is 139 cm³/mol. The SMILES string of the molecule is O=C(CN1CCC(N2CCCC2)CC1)N1CCN(c2ccc3[nH]c(=O)c4ccccc4c3n2)CC1. The van der Waals surface area contributed by atoms with E-state index in [1.807, 2.05) is 41.3 Å². The summed E-state index contributed by atoms with van der Waals surface area (Å²) in [4.78, 5) is 42.5. The second-order valence-electron chi connectivity index (χ2n) is 10.2. The van der Waals surface area contributed by atoms with Gasteiger partial charge < -0.3 is 19.7 Å². The van der Waals surface area contributed by atoms with Gasteiger partial charge in [-0.25, -0.2) is 4.98 Å². The molecular formula is C27H34N6O2. The van der Waals surface area contributed by atoms with Crippen molar-refractivity contribution in [3.05, 3.63) is 46.8 Å². The molecule has 3 fully saturated rings. The first-order chi connectivity index (χ1) is 17.2. The Morgan fingerprint density at radius 3 is 2.34 bits per heavy atom. The lowest BCUT2D eigenvalue weighted by Crippen LogP contribution is -2.52. The first-order valence-electron chi connectivity index (χ1n) is 13.1. The van der Waals surface area contributed by atoms with Gasteiger partial charge in [-0.1, -0.05) is 18.2 Å². The number of carbonyl (C=O) groups excluding carboxylic acids is 1. The molecule has 3 aromatic rings. The fourth-order valence-electron chi connectivity index (χ4n) is 6.03. The molecule has 6 rings (SSSR count). The smallest absolute Gasteiger partial charge is 0.256 e. The van der Waals surface area contributed by atoms with E-state index in [0.29, 0.717) is 11.9 Å². The fraction of sp³-hybridized carbons (Fsp3) is 0.519. The van der Waals surface area contributed by atoms with Crippen LogP contribution in [0.2, 0.25) is 0 Å². The van der Waals surface area contributed by atoms with Crippen molar-refractivity contribution in [2.24, 2.45) is 0 Å². The van der Waals surface area contributed by atoms with Crippen LogP contribution in [-0.4, -0.2) is 95.5 Å². The Balaban J connectivity index is 1.06. The highest BCUT2D eigenvalue weighted by Crippen LogP contribution is 2.24. The summed E-state index contributed by atoms with van der Waals surface area (Å²) in [6, 6.07) is 12.2. The molecule has 8 nitrogen and oxygen atoms in total. The lowest BCUT2D eigenvalue weighted by atomic mass is 10.0. The lowest BCUT2D eigenvalue weighted by molar-refractivity contribution is -0.133. The standard InChI is InChI=1S/C27H34N6O2/c34-25(19-30-13-9-20(10-14-30)31-11-3-4-12-31)33-17-15-32(16-18-33)24-8-7-23-26(29-24)21-5-1-2-6-22(21)27(35)28-23/h1-2,5-8,20H,3-4,9-19H2,(H,28,35). The van der Waals surface area contributed by atoms with Crippen molar-refractivity contribution in [1.29, 1.82) is 0 Å². The average molecular weight is 475 g/mol. The van der Waals surface area contributed by atoms with Crippen molar-refractivity contribution in [2.75, 3.05) is 63.8 Å². The number of aromatic nitrogens is 2. The first kappa shape index (κ1) is 22.5. The fourth-order valence-corrected chi connectivity index (χ4v) is 6.03. The number of piperazine rings is 1. The van der Waals surface area contributed by atoms with Gasteiger partial charge in [-0.2, -0.15) is 0 Å². The molecule has 3 saturated heterocycles. The van der Waals surface area contributed by atoms with E-state index in [-0.39, 0.29) is 11.5 Å². The molecule has 184 valence electrons. The van der Waals surface area contributed by atoms with Gasteiger partial charge in [0, 0.05) is 56.1 Å². The van der Waals surface area contributed by atoms with Crippen LogP contribution in [0.1, 0.15) is 25.7 Å². The van der Waals surface area contributed by atoms with E-state index in [1.54, 1.807) is 0 Å². The quantitative estimate of drug-likeness (QED) is 0.585. The van der Waals surface area contributed by atoms with Gasteiger partial charge in [0.25, 0.3) is 5.56 Å². The van der Waals surface area contributed by atoms with Gasteiger partial charge in [-0.15, -0.1) is 0 Å². The number of aromatic amines is 1. The van der Waals surface area contributed by atoms with Crippen molar-refractivity contribution < 1.29 is 4.79 Å². The molecule has 2 aromatic heterocycles. The summed E-state index contributed by atoms with van der Waals surface area (Å²) in [5.41, 5.74) is 1.48. The van der Waals surface area contributed by atoms with Crippen molar-refractivity contribution in [3.8, 4) is 0 Å². The third-order valence-corrected chi connectivity index (χ3v) is 8.08. The summed E-state index contributed by atoms with van der Waals surface area (Å²) in [6.07, 6.45) is 5.06. The highest BCUT2D eigenvalue weighted by molar-refractivity contribution is 6.03. The van der Waals surface area contributed by atoms with Gasteiger partial charge in [0.2, 0.25) is 5.91 Å². The number of nitrogens with zero attached hydrogens (tertiary/aromatic N) is 5. The second-order valence-corrected chi connectivity index (χ2v) is 10.2. The predicted octanol–water partition coefficient (Wildman–Crippen LogP) is 2.29. The number of piperidine rings is 1. The zero-order valence-electron chi connectivity index (χ0n) is 20.3.